The van der Waals surface area contributed by atoms with E-state index >= 15 is 0 Å². The first-order valence-corrected chi connectivity index (χ1v) is 10.5. The minimum absolute atomic E-state index is 0.399. The van der Waals surface area contributed by atoms with Gasteiger partial charge in [0.1, 0.15) is 5.75 Å². The normalized spacial score (nSPS) is 10.8. The maximum Gasteiger partial charge on any atom is 0.344 e. The van der Waals surface area contributed by atoms with Crippen molar-refractivity contribution in [3.05, 3.63) is 120 Å². The van der Waals surface area contributed by atoms with E-state index in [1.165, 1.54) is 5.56 Å². The van der Waals surface area contributed by atoms with Crippen LogP contribution in [0.3, 0.4) is 0 Å². The molecular weight excluding hydrogens is 394 g/mol. The summed E-state index contributed by atoms with van der Waals surface area (Å²) in [6.07, 6.45) is 0. The molecule has 3 heteroatoms. The number of benzene rings is 4. The minimum atomic E-state index is -0.399. The van der Waals surface area contributed by atoms with Crippen molar-refractivity contribution in [1.82, 2.24) is 4.98 Å². The van der Waals surface area contributed by atoms with Crippen molar-refractivity contribution in [3.63, 3.8) is 0 Å². The van der Waals surface area contributed by atoms with Gasteiger partial charge in [-0.05, 0) is 42.3 Å². The lowest BCUT2D eigenvalue weighted by Crippen LogP contribution is -2.10. The van der Waals surface area contributed by atoms with E-state index in [2.05, 4.69) is 31.2 Å². The molecule has 0 aliphatic heterocycles. The van der Waals surface area contributed by atoms with Crippen LogP contribution in [-0.2, 0) is 0 Å². The van der Waals surface area contributed by atoms with E-state index in [4.69, 9.17) is 9.72 Å². The number of pyridine rings is 1. The molecule has 32 heavy (non-hydrogen) atoms. The third-order valence-electron chi connectivity index (χ3n) is 5.46. The molecule has 4 aromatic carbocycles. The number of carbonyl (C=O) groups excluding carboxylic acids is 1. The Morgan fingerprint density at radius 1 is 0.688 bits per heavy atom. The topological polar surface area (TPSA) is 39.2 Å². The van der Waals surface area contributed by atoms with E-state index in [9.17, 15) is 4.79 Å². The van der Waals surface area contributed by atoms with Gasteiger partial charge in [-0.2, -0.15) is 0 Å². The maximum atomic E-state index is 13.2. The van der Waals surface area contributed by atoms with Crippen molar-refractivity contribution in [3.8, 4) is 28.1 Å². The highest BCUT2D eigenvalue weighted by molar-refractivity contribution is 6.05. The molecule has 0 atom stereocenters. The Hall–Kier alpha value is -4.24. The second kappa shape index (κ2) is 8.48. The molecular formula is C29H21NO2. The predicted molar refractivity (Wildman–Crippen MR) is 129 cm³/mol. The second-order valence-corrected chi connectivity index (χ2v) is 7.72. The molecule has 0 aliphatic carbocycles. The van der Waals surface area contributed by atoms with Gasteiger partial charge in [-0.1, -0.05) is 90.5 Å². The number of hydrogen-bond donors (Lipinski definition) is 0. The fourth-order valence-electron chi connectivity index (χ4n) is 3.72. The number of hydrogen-bond acceptors (Lipinski definition) is 3. The molecule has 0 N–H and O–H groups in total. The summed E-state index contributed by atoms with van der Waals surface area (Å²) in [6.45, 7) is 2.07. The Morgan fingerprint density at radius 3 is 2.03 bits per heavy atom. The van der Waals surface area contributed by atoms with Gasteiger partial charge in [0.2, 0.25) is 0 Å². The van der Waals surface area contributed by atoms with E-state index in [-0.39, 0.29) is 0 Å². The summed E-state index contributed by atoms with van der Waals surface area (Å²) in [5, 5.41) is 0.772. The Bertz CT molecular complexity index is 1390. The molecule has 0 amide bonds. The average Bonchev–Trinajstić information content (AvgIpc) is 2.85. The van der Waals surface area contributed by atoms with E-state index in [0.717, 1.165) is 33.3 Å². The molecule has 5 aromatic rings. The van der Waals surface area contributed by atoms with Crippen LogP contribution in [0.4, 0.5) is 0 Å². The van der Waals surface area contributed by atoms with Crippen LogP contribution in [0.5, 0.6) is 5.75 Å². The van der Waals surface area contributed by atoms with E-state index in [0.29, 0.717) is 11.3 Å². The third-order valence-corrected chi connectivity index (χ3v) is 5.46. The first kappa shape index (κ1) is 19.7. The standard InChI is InChI=1S/C29H21NO2/c1-20-11-13-21(14-12-20)22-15-17-24(18-16-22)32-29(31)26-19-28(23-7-3-2-4-8-23)30-27-10-6-5-9-25(26)27/h2-19H,1H3. The molecule has 0 radical (unpaired) electrons. The SMILES string of the molecule is Cc1ccc(-c2ccc(OC(=O)c3cc(-c4ccccc4)nc4ccccc34)cc2)cc1. The molecule has 154 valence electrons. The van der Waals surface area contributed by atoms with Crippen LogP contribution in [0.25, 0.3) is 33.3 Å². The second-order valence-electron chi connectivity index (χ2n) is 7.72. The number of carbonyl (C=O) groups is 1. The lowest BCUT2D eigenvalue weighted by molar-refractivity contribution is 0.0737. The smallest absolute Gasteiger partial charge is 0.344 e. The monoisotopic (exact) mass is 415 g/mol. The summed E-state index contributed by atoms with van der Waals surface area (Å²) in [4.78, 5) is 17.9. The van der Waals surface area contributed by atoms with E-state index in [1.54, 1.807) is 6.07 Å². The van der Waals surface area contributed by atoms with Crippen molar-refractivity contribution < 1.29 is 9.53 Å². The Morgan fingerprint density at radius 2 is 1.31 bits per heavy atom. The molecule has 0 spiro atoms. The predicted octanol–water partition coefficient (Wildman–Crippen LogP) is 7.10. The fourth-order valence-corrected chi connectivity index (χ4v) is 3.72. The van der Waals surface area contributed by atoms with E-state index in [1.807, 2.05) is 78.9 Å². The molecule has 5 rings (SSSR count). The Kier molecular flexibility index (Phi) is 5.22. The van der Waals surface area contributed by atoms with Crippen molar-refractivity contribution in [2.24, 2.45) is 0 Å². The van der Waals surface area contributed by atoms with Crippen molar-refractivity contribution in [2.45, 2.75) is 6.92 Å². The van der Waals surface area contributed by atoms with Crippen LogP contribution in [0.15, 0.2) is 109 Å². The zero-order valence-electron chi connectivity index (χ0n) is 17.7. The first-order valence-electron chi connectivity index (χ1n) is 10.5. The highest BCUT2D eigenvalue weighted by Crippen LogP contribution is 2.27. The van der Waals surface area contributed by atoms with Gasteiger partial charge < -0.3 is 4.74 Å². The molecule has 0 unspecified atom stereocenters. The average molecular weight is 415 g/mol. The maximum absolute atomic E-state index is 13.2. The van der Waals surface area contributed by atoms with Gasteiger partial charge in [0.15, 0.2) is 0 Å². The number of nitrogens with zero attached hydrogens (tertiary/aromatic N) is 1. The van der Waals surface area contributed by atoms with Gasteiger partial charge >= 0.3 is 5.97 Å². The van der Waals surface area contributed by atoms with Crippen LogP contribution in [-0.4, -0.2) is 11.0 Å². The van der Waals surface area contributed by atoms with Crippen molar-refractivity contribution in [1.29, 1.82) is 0 Å². The lowest BCUT2D eigenvalue weighted by Gasteiger charge is -2.10. The molecule has 0 saturated heterocycles. The number of aryl methyl sites for hydroxylation is 1. The largest absolute Gasteiger partial charge is 0.423 e. The third kappa shape index (κ3) is 4.01. The van der Waals surface area contributed by atoms with Crippen LogP contribution in [0, 0.1) is 6.92 Å². The quantitative estimate of drug-likeness (QED) is 0.232. The lowest BCUT2D eigenvalue weighted by atomic mass is 10.0. The van der Waals surface area contributed by atoms with Crippen LogP contribution >= 0.6 is 0 Å². The molecule has 1 aromatic heterocycles. The van der Waals surface area contributed by atoms with Gasteiger partial charge in [0.05, 0.1) is 16.8 Å². The summed E-state index contributed by atoms with van der Waals surface area (Å²) in [7, 11) is 0. The number of rotatable bonds is 4. The highest BCUT2D eigenvalue weighted by Gasteiger charge is 2.16. The van der Waals surface area contributed by atoms with Crippen LogP contribution in [0.2, 0.25) is 0 Å². The van der Waals surface area contributed by atoms with Crippen molar-refractivity contribution >= 4 is 16.9 Å². The molecule has 0 bridgehead atoms. The summed E-state index contributed by atoms with van der Waals surface area (Å²) in [6, 6.07) is 35.2. The van der Waals surface area contributed by atoms with Gasteiger partial charge in [0.25, 0.3) is 0 Å². The zero-order chi connectivity index (χ0) is 21.9. The zero-order valence-corrected chi connectivity index (χ0v) is 17.7. The van der Waals surface area contributed by atoms with Crippen LogP contribution in [0.1, 0.15) is 15.9 Å². The Labute approximate surface area is 187 Å². The molecule has 0 fully saturated rings. The van der Waals surface area contributed by atoms with Gasteiger partial charge in [-0.3, -0.25) is 0 Å². The van der Waals surface area contributed by atoms with Gasteiger partial charge in [0, 0.05) is 10.9 Å². The first-order chi connectivity index (χ1) is 15.7. The summed E-state index contributed by atoms with van der Waals surface area (Å²) in [5.41, 5.74) is 6.37. The minimum Gasteiger partial charge on any atom is -0.423 e. The molecule has 3 nitrogen and oxygen atoms in total. The number of esters is 1. The number of para-hydroxylation sites is 1. The van der Waals surface area contributed by atoms with Gasteiger partial charge in [-0.15, -0.1) is 0 Å². The molecule has 1 heterocycles. The van der Waals surface area contributed by atoms with Crippen molar-refractivity contribution in [2.75, 3.05) is 0 Å². The summed E-state index contributed by atoms with van der Waals surface area (Å²) in [5.74, 6) is 0.108. The van der Waals surface area contributed by atoms with Crippen LogP contribution < -0.4 is 4.74 Å². The van der Waals surface area contributed by atoms with E-state index < -0.39 is 5.97 Å². The summed E-state index contributed by atoms with van der Waals surface area (Å²) >= 11 is 0. The fraction of sp³-hybridized carbons (Fsp3) is 0.0345. The molecule has 0 aliphatic rings. The number of aromatic nitrogens is 1. The molecule has 0 saturated carbocycles. The highest BCUT2D eigenvalue weighted by atomic mass is 16.5. The summed E-state index contributed by atoms with van der Waals surface area (Å²) < 4.78 is 5.74. The Balaban J connectivity index is 1.46. The number of ether oxygens (including phenoxy) is 1. The number of fused-ring (bicyclic) bond motifs is 1. The van der Waals surface area contributed by atoms with Gasteiger partial charge in [-0.25, -0.2) is 9.78 Å².